The number of carbonyl (C=O) groups is 3. The van der Waals surface area contributed by atoms with Gasteiger partial charge in [0.2, 0.25) is 11.8 Å². The summed E-state index contributed by atoms with van der Waals surface area (Å²) in [6.45, 7) is 14.0. The summed E-state index contributed by atoms with van der Waals surface area (Å²) < 4.78 is 11.7. The third-order valence-electron chi connectivity index (χ3n) is 10.4. The summed E-state index contributed by atoms with van der Waals surface area (Å²) in [6, 6.07) is -0.218. The number of nitrogens with one attached hydrogen (secondary N) is 2. The molecule has 4 unspecified atom stereocenters. The lowest BCUT2D eigenvalue weighted by atomic mass is 9.75. The first kappa shape index (κ1) is 40.5. The molecule has 2 fully saturated rings. The molecule has 0 aromatic rings. The molecule has 0 radical (unpaired) electrons. The van der Waals surface area contributed by atoms with Crippen molar-refractivity contribution in [2.45, 2.75) is 188 Å². The van der Waals surface area contributed by atoms with Crippen molar-refractivity contribution < 1.29 is 29.0 Å². The van der Waals surface area contributed by atoms with Crippen molar-refractivity contribution >= 4 is 17.8 Å². The van der Waals surface area contributed by atoms with E-state index in [1.54, 1.807) is 13.8 Å². The van der Waals surface area contributed by atoms with E-state index in [0.717, 1.165) is 38.5 Å². The Morgan fingerprint density at radius 2 is 1.35 bits per heavy atom. The summed E-state index contributed by atoms with van der Waals surface area (Å²) >= 11 is 0. The second kappa shape index (κ2) is 20.0. The molecule has 1 saturated carbocycles. The average molecular weight is 651 g/mol. The Balaban J connectivity index is 1.76. The number of ether oxygens (including phenoxy) is 2. The van der Waals surface area contributed by atoms with E-state index in [-0.39, 0.29) is 30.3 Å². The zero-order valence-electron chi connectivity index (χ0n) is 30.6. The van der Waals surface area contributed by atoms with E-state index in [1.807, 2.05) is 27.7 Å². The number of unbranched alkanes of at least 4 members (excludes halogenated alkanes) is 13. The molecule has 0 aromatic carbocycles. The van der Waals surface area contributed by atoms with Gasteiger partial charge in [-0.2, -0.15) is 0 Å². The predicted molar refractivity (Wildman–Crippen MR) is 185 cm³/mol. The van der Waals surface area contributed by atoms with Crippen LogP contribution >= 0.6 is 0 Å². The molecule has 8 heteroatoms. The quantitative estimate of drug-likeness (QED) is 0.101. The van der Waals surface area contributed by atoms with Crippen molar-refractivity contribution in [1.29, 1.82) is 0 Å². The number of amides is 2. The molecule has 46 heavy (non-hydrogen) atoms. The predicted octanol–water partition coefficient (Wildman–Crippen LogP) is 8.55. The van der Waals surface area contributed by atoms with Gasteiger partial charge in [0.15, 0.2) is 5.79 Å². The second-order valence-corrected chi connectivity index (χ2v) is 16.1. The molecule has 3 N–H and O–H groups in total. The van der Waals surface area contributed by atoms with Crippen molar-refractivity contribution in [3.05, 3.63) is 0 Å². The number of carbonyl (C=O) groups excluding carboxylic acids is 2. The van der Waals surface area contributed by atoms with E-state index in [2.05, 4.69) is 17.6 Å². The Labute approximate surface area is 281 Å². The Hall–Kier alpha value is -1.67. The van der Waals surface area contributed by atoms with Crippen molar-refractivity contribution in [2.75, 3.05) is 13.2 Å². The highest BCUT2D eigenvalue weighted by Crippen LogP contribution is 2.36. The lowest BCUT2D eigenvalue weighted by Crippen LogP contribution is -2.57. The Morgan fingerprint density at radius 3 is 1.89 bits per heavy atom. The van der Waals surface area contributed by atoms with E-state index in [1.165, 1.54) is 77.0 Å². The topological polar surface area (TPSA) is 114 Å². The van der Waals surface area contributed by atoms with Crippen LogP contribution in [-0.4, -0.2) is 54.0 Å². The summed E-state index contributed by atoms with van der Waals surface area (Å²) in [5.74, 6) is -3.18. The van der Waals surface area contributed by atoms with Crippen molar-refractivity contribution in [2.24, 2.45) is 22.7 Å². The monoisotopic (exact) mass is 651 g/mol. The molecule has 1 aliphatic carbocycles. The Kier molecular flexibility index (Phi) is 17.6. The number of carboxylic acid groups (broad SMARTS) is 1. The first-order valence-electron chi connectivity index (χ1n) is 18.8. The molecule has 0 bridgehead atoms. The van der Waals surface area contributed by atoms with Gasteiger partial charge in [-0.15, -0.1) is 0 Å². The van der Waals surface area contributed by atoms with E-state index in [0.29, 0.717) is 13.0 Å². The minimum Gasteiger partial charge on any atom is -0.481 e. The van der Waals surface area contributed by atoms with Gasteiger partial charge in [0, 0.05) is 23.4 Å². The minimum absolute atomic E-state index is 0.00483. The second-order valence-electron chi connectivity index (χ2n) is 16.1. The molecule has 1 heterocycles. The van der Waals surface area contributed by atoms with Crippen molar-refractivity contribution in [1.82, 2.24) is 10.6 Å². The molecule has 0 aromatic heterocycles. The molecule has 4 atom stereocenters. The number of hydrogen-bond acceptors (Lipinski definition) is 5. The van der Waals surface area contributed by atoms with Crippen LogP contribution in [0, 0.1) is 22.7 Å². The van der Waals surface area contributed by atoms with Gasteiger partial charge in [-0.3, -0.25) is 14.4 Å². The van der Waals surface area contributed by atoms with Crippen molar-refractivity contribution in [3.63, 3.8) is 0 Å². The van der Waals surface area contributed by atoms with Gasteiger partial charge in [0.1, 0.15) is 6.10 Å². The maximum Gasteiger partial charge on any atom is 0.308 e. The molecule has 0 spiro atoms. The van der Waals surface area contributed by atoms with E-state index in [4.69, 9.17) is 9.47 Å². The smallest absolute Gasteiger partial charge is 0.308 e. The molecular weight excluding hydrogens is 580 g/mol. The van der Waals surface area contributed by atoms with Gasteiger partial charge in [-0.1, -0.05) is 137 Å². The number of aliphatic carboxylic acids is 1. The Bertz CT molecular complexity index is 917. The van der Waals surface area contributed by atoms with Gasteiger partial charge < -0.3 is 25.2 Å². The summed E-state index contributed by atoms with van der Waals surface area (Å²) in [5.41, 5.74) is -1.05. The van der Waals surface area contributed by atoms with Crippen LogP contribution < -0.4 is 10.6 Å². The van der Waals surface area contributed by atoms with Gasteiger partial charge in [-0.25, -0.2) is 0 Å². The van der Waals surface area contributed by atoms with Crippen LogP contribution in [0.4, 0.5) is 0 Å². The first-order chi connectivity index (χ1) is 21.7. The number of hydrogen-bond donors (Lipinski definition) is 3. The standard InChI is InChI=1S/C38H70N2O6/c1-8-9-10-11-12-13-14-15-16-17-18-19-20-23-26-36(2,3)35(44)40-31-25-22-21-24-29(31)30(34(42)43)27-39-33(41)32-37(4,5)28-45-38(6,7)46-32/h29-32H,8-28H2,1-7H3,(H,39,41)(H,40,44)(H,42,43). The molecule has 2 aliphatic rings. The molecule has 2 amide bonds. The number of carboxylic acids is 1. The van der Waals surface area contributed by atoms with E-state index < -0.39 is 34.6 Å². The van der Waals surface area contributed by atoms with Crippen LogP contribution in [0.1, 0.15) is 170 Å². The fourth-order valence-corrected chi connectivity index (χ4v) is 7.11. The highest BCUT2D eigenvalue weighted by Gasteiger charge is 2.46. The van der Waals surface area contributed by atoms with Crippen LogP contribution in [0.15, 0.2) is 0 Å². The third-order valence-corrected chi connectivity index (χ3v) is 10.4. The lowest BCUT2D eigenvalue weighted by molar-refractivity contribution is -0.304. The van der Waals surface area contributed by atoms with Crippen LogP contribution in [0.3, 0.4) is 0 Å². The summed E-state index contributed by atoms with van der Waals surface area (Å²) in [6.07, 6.45) is 21.7. The maximum absolute atomic E-state index is 13.5. The molecule has 268 valence electrons. The minimum atomic E-state index is -0.944. The molecular formula is C38H70N2O6. The van der Waals surface area contributed by atoms with Crippen LogP contribution in [-0.2, 0) is 23.9 Å². The summed E-state index contributed by atoms with van der Waals surface area (Å²) in [5, 5.41) is 16.4. The first-order valence-corrected chi connectivity index (χ1v) is 18.8. The average Bonchev–Trinajstić information content (AvgIpc) is 2.99. The number of rotatable bonds is 22. The summed E-state index contributed by atoms with van der Waals surface area (Å²) in [4.78, 5) is 39.2. The van der Waals surface area contributed by atoms with Crippen LogP contribution in [0.25, 0.3) is 0 Å². The van der Waals surface area contributed by atoms with E-state index in [9.17, 15) is 19.5 Å². The highest BCUT2D eigenvalue weighted by atomic mass is 16.7. The maximum atomic E-state index is 13.5. The highest BCUT2D eigenvalue weighted by molar-refractivity contribution is 5.83. The zero-order valence-corrected chi connectivity index (χ0v) is 30.6. The van der Waals surface area contributed by atoms with Gasteiger partial charge in [-0.05, 0) is 39.0 Å². The van der Waals surface area contributed by atoms with E-state index >= 15 is 0 Å². The Morgan fingerprint density at radius 1 is 0.826 bits per heavy atom. The van der Waals surface area contributed by atoms with Crippen LogP contribution in [0.2, 0.25) is 0 Å². The molecule has 1 aliphatic heterocycles. The van der Waals surface area contributed by atoms with Gasteiger partial charge >= 0.3 is 5.97 Å². The van der Waals surface area contributed by atoms with Gasteiger partial charge in [0.25, 0.3) is 0 Å². The fourth-order valence-electron chi connectivity index (χ4n) is 7.11. The molecule has 8 nitrogen and oxygen atoms in total. The fraction of sp³-hybridized carbons (Fsp3) is 0.921. The van der Waals surface area contributed by atoms with Crippen LogP contribution in [0.5, 0.6) is 0 Å². The molecule has 2 rings (SSSR count). The van der Waals surface area contributed by atoms with Crippen molar-refractivity contribution in [3.8, 4) is 0 Å². The normalized spacial score (nSPS) is 23.4. The molecule has 1 saturated heterocycles. The largest absolute Gasteiger partial charge is 0.481 e. The SMILES string of the molecule is CCCCCCCCCCCCCCCCC(C)(C)C(=O)NC1CCCCC1C(CNC(=O)C1OC(C)(C)OCC1(C)C)C(=O)O. The zero-order chi connectivity index (χ0) is 34.2. The summed E-state index contributed by atoms with van der Waals surface area (Å²) in [7, 11) is 0. The lowest BCUT2D eigenvalue weighted by Gasteiger charge is -2.45. The third kappa shape index (κ3) is 14.2. The van der Waals surface area contributed by atoms with Gasteiger partial charge in [0.05, 0.1) is 12.5 Å².